The standard InChI is InChI=1S/C11H15BrFN/c1-3-7(2)11(14)9-5-4-8(12)6-10(9)13/h4-7,11H,3,14H2,1-2H3/t7?,11-/m1/s1. The van der Waals surface area contributed by atoms with Crippen LogP contribution in [0.25, 0.3) is 0 Å². The smallest absolute Gasteiger partial charge is 0.129 e. The van der Waals surface area contributed by atoms with Crippen LogP contribution in [0.5, 0.6) is 0 Å². The molecule has 3 heteroatoms. The van der Waals surface area contributed by atoms with Crippen LogP contribution in [-0.4, -0.2) is 0 Å². The highest BCUT2D eigenvalue weighted by molar-refractivity contribution is 9.10. The molecule has 2 N–H and O–H groups in total. The molecule has 0 saturated heterocycles. The summed E-state index contributed by atoms with van der Waals surface area (Å²) in [5.74, 6) is 0.0675. The lowest BCUT2D eigenvalue weighted by Crippen LogP contribution is -2.19. The van der Waals surface area contributed by atoms with E-state index in [1.165, 1.54) is 6.07 Å². The van der Waals surface area contributed by atoms with Gasteiger partial charge in [-0.2, -0.15) is 0 Å². The van der Waals surface area contributed by atoms with Gasteiger partial charge in [0.2, 0.25) is 0 Å². The summed E-state index contributed by atoms with van der Waals surface area (Å²) in [5.41, 5.74) is 6.54. The zero-order chi connectivity index (χ0) is 10.7. The second-order valence-corrected chi connectivity index (χ2v) is 4.49. The molecule has 0 amide bonds. The van der Waals surface area contributed by atoms with Crippen molar-refractivity contribution in [1.29, 1.82) is 0 Å². The third-order valence-electron chi connectivity index (χ3n) is 2.58. The second-order valence-electron chi connectivity index (χ2n) is 3.58. The Balaban J connectivity index is 2.95. The molecule has 1 rings (SSSR count). The lowest BCUT2D eigenvalue weighted by Gasteiger charge is -2.19. The molecule has 0 aromatic heterocycles. The summed E-state index contributed by atoms with van der Waals surface area (Å²) in [6, 6.07) is 4.81. The molecule has 1 aromatic carbocycles. The molecule has 1 aromatic rings. The Hall–Kier alpha value is -0.410. The molecule has 0 aliphatic heterocycles. The van der Waals surface area contributed by atoms with Gasteiger partial charge in [-0.1, -0.05) is 42.3 Å². The third kappa shape index (κ3) is 2.55. The number of benzene rings is 1. The van der Waals surface area contributed by atoms with Crippen LogP contribution in [0.1, 0.15) is 31.9 Å². The quantitative estimate of drug-likeness (QED) is 0.882. The number of hydrogen-bond acceptors (Lipinski definition) is 1. The average molecular weight is 260 g/mol. The Kier molecular flexibility index (Phi) is 4.08. The van der Waals surface area contributed by atoms with Crippen molar-refractivity contribution in [2.24, 2.45) is 11.7 Å². The molecule has 2 atom stereocenters. The van der Waals surface area contributed by atoms with E-state index in [0.717, 1.165) is 10.9 Å². The molecule has 78 valence electrons. The predicted molar refractivity (Wildman–Crippen MR) is 60.5 cm³/mol. The van der Waals surface area contributed by atoms with E-state index in [2.05, 4.69) is 22.9 Å². The van der Waals surface area contributed by atoms with Crippen LogP contribution in [0, 0.1) is 11.7 Å². The van der Waals surface area contributed by atoms with Gasteiger partial charge in [0.05, 0.1) is 0 Å². The average Bonchev–Trinajstić information content (AvgIpc) is 2.15. The van der Waals surface area contributed by atoms with E-state index in [1.54, 1.807) is 6.07 Å². The van der Waals surface area contributed by atoms with Gasteiger partial charge in [-0.25, -0.2) is 4.39 Å². The van der Waals surface area contributed by atoms with E-state index in [9.17, 15) is 4.39 Å². The Bertz CT molecular complexity index is 314. The van der Waals surface area contributed by atoms with Gasteiger partial charge in [-0.15, -0.1) is 0 Å². The van der Waals surface area contributed by atoms with Crippen molar-refractivity contribution in [3.63, 3.8) is 0 Å². The molecule has 0 bridgehead atoms. The van der Waals surface area contributed by atoms with E-state index in [4.69, 9.17) is 5.73 Å². The summed E-state index contributed by atoms with van der Waals surface area (Å²) in [6.07, 6.45) is 0.955. The van der Waals surface area contributed by atoms with Crippen LogP contribution in [0.3, 0.4) is 0 Å². The fourth-order valence-electron chi connectivity index (χ4n) is 1.33. The van der Waals surface area contributed by atoms with Gasteiger partial charge < -0.3 is 5.73 Å². The van der Waals surface area contributed by atoms with Crippen molar-refractivity contribution in [2.75, 3.05) is 0 Å². The van der Waals surface area contributed by atoms with Gasteiger partial charge in [-0.05, 0) is 18.1 Å². The van der Waals surface area contributed by atoms with Crippen molar-refractivity contribution >= 4 is 15.9 Å². The Morgan fingerprint density at radius 3 is 2.64 bits per heavy atom. The van der Waals surface area contributed by atoms with Gasteiger partial charge in [0.25, 0.3) is 0 Å². The molecule has 0 heterocycles. The minimum Gasteiger partial charge on any atom is -0.324 e. The van der Waals surface area contributed by atoms with Crippen LogP contribution >= 0.6 is 15.9 Å². The second kappa shape index (κ2) is 4.89. The summed E-state index contributed by atoms with van der Waals surface area (Å²) in [4.78, 5) is 0. The maximum atomic E-state index is 13.5. The summed E-state index contributed by atoms with van der Waals surface area (Å²) in [6.45, 7) is 4.09. The molecule has 0 radical (unpaired) electrons. The fourth-order valence-corrected chi connectivity index (χ4v) is 1.67. The molecule has 1 unspecified atom stereocenters. The van der Waals surface area contributed by atoms with Gasteiger partial charge in [0.1, 0.15) is 5.82 Å². The van der Waals surface area contributed by atoms with Crippen molar-refractivity contribution in [1.82, 2.24) is 0 Å². The molecular formula is C11H15BrFN. The van der Waals surface area contributed by atoms with Gasteiger partial charge in [-0.3, -0.25) is 0 Å². The molecule has 1 nitrogen and oxygen atoms in total. The van der Waals surface area contributed by atoms with E-state index in [0.29, 0.717) is 11.5 Å². The maximum absolute atomic E-state index is 13.5. The highest BCUT2D eigenvalue weighted by Crippen LogP contribution is 2.25. The van der Waals surface area contributed by atoms with Gasteiger partial charge in [0, 0.05) is 16.1 Å². The first kappa shape index (κ1) is 11.7. The molecule has 0 aliphatic carbocycles. The minimum atomic E-state index is -0.229. The normalized spacial score (nSPS) is 15.2. The molecule has 0 fully saturated rings. The molecule has 0 saturated carbocycles. The number of rotatable bonds is 3. The van der Waals surface area contributed by atoms with E-state index < -0.39 is 0 Å². The Morgan fingerprint density at radius 2 is 2.14 bits per heavy atom. The van der Waals surface area contributed by atoms with Crippen molar-refractivity contribution < 1.29 is 4.39 Å². The van der Waals surface area contributed by atoms with E-state index >= 15 is 0 Å². The van der Waals surface area contributed by atoms with Crippen LogP contribution in [-0.2, 0) is 0 Å². The number of nitrogens with two attached hydrogens (primary N) is 1. The Labute approximate surface area is 92.6 Å². The summed E-state index contributed by atoms with van der Waals surface area (Å²) in [5, 5.41) is 0. The first-order valence-electron chi connectivity index (χ1n) is 4.76. The van der Waals surface area contributed by atoms with E-state index in [-0.39, 0.29) is 11.9 Å². The van der Waals surface area contributed by atoms with Crippen molar-refractivity contribution in [3.8, 4) is 0 Å². The lowest BCUT2D eigenvalue weighted by atomic mass is 9.93. The van der Waals surface area contributed by atoms with Crippen molar-refractivity contribution in [3.05, 3.63) is 34.1 Å². The minimum absolute atomic E-state index is 0.215. The maximum Gasteiger partial charge on any atom is 0.129 e. The van der Waals surface area contributed by atoms with Crippen LogP contribution in [0.15, 0.2) is 22.7 Å². The van der Waals surface area contributed by atoms with Gasteiger partial charge >= 0.3 is 0 Å². The molecule has 0 spiro atoms. The summed E-state index contributed by atoms with van der Waals surface area (Å²) >= 11 is 3.22. The fraction of sp³-hybridized carbons (Fsp3) is 0.455. The predicted octanol–water partition coefficient (Wildman–Crippen LogP) is 3.63. The van der Waals surface area contributed by atoms with E-state index in [1.807, 2.05) is 13.0 Å². The van der Waals surface area contributed by atoms with Crippen molar-refractivity contribution in [2.45, 2.75) is 26.3 Å². The van der Waals surface area contributed by atoms with Crippen LogP contribution in [0.4, 0.5) is 4.39 Å². The third-order valence-corrected chi connectivity index (χ3v) is 3.07. The van der Waals surface area contributed by atoms with Gasteiger partial charge in [0.15, 0.2) is 0 Å². The summed E-state index contributed by atoms with van der Waals surface area (Å²) in [7, 11) is 0. The summed E-state index contributed by atoms with van der Waals surface area (Å²) < 4.78 is 14.2. The molecular weight excluding hydrogens is 245 g/mol. The first-order valence-corrected chi connectivity index (χ1v) is 5.56. The molecule has 14 heavy (non-hydrogen) atoms. The number of hydrogen-bond donors (Lipinski definition) is 1. The first-order chi connectivity index (χ1) is 6.56. The lowest BCUT2D eigenvalue weighted by molar-refractivity contribution is 0.439. The zero-order valence-electron chi connectivity index (χ0n) is 8.43. The SMILES string of the molecule is CCC(C)[C@@H](N)c1ccc(Br)cc1F. The Morgan fingerprint density at radius 1 is 1.50 bits per heavy atom. The monoisotopic (exact) mass is 259 g/mol. The molecule has 0 aliphatic rings. The van der Waals surface area contributed by atoms with Crippen LogP contribution in [0.2, 0.25) is 0 Å². The zero-order valence-corrected chi connectivity index (χ0v) is 10.0. The number of halogens is 2. The highest BCUT2D eigenvalue weighted by Gasteiger charge is 2.16. The largest absolute Gasteiger partial charge is 0.324 e. The topological polar surface area (TPSA) is 26.0 Å². The highest BCUT2D eigenvalue weighted by atomic mass is 79.9. The van der Waals surface area contributed by atoms with Crippen LogP contribution < -0.4 is 5.73 Å².